The minimum atomic E-state index is 0.0437. The van der Waals surface area contributed by atoms with Crippen molar-refractivity contribution >= 4 is 5.69 Å². The molecule has 0 aliphatic carbocycles. The molecule has 0 amide bonds. The molecule has 21 heavy (non-hydrogen) atoms. The number of benzene rings is 1. The summed E-state index contributed by atoms with van der Waals surface area (Å²) in [6.45, 7) is 4.12. The molecule has 0 radical (unpaired) electrons. The van der Waals surface area contributed by atoms with Crippen molar-refractivity contribution in [1.29, 1.82) is 0 Å². The molecule has 2 aromatic rings. The molecule has 0 aliphatic heterocycles. The van der Waals surface area contributed by atoms with Crippen LogP contribution in [0.1, 0.15) is 24.5 Å². The molecule has 0 aliphatic rings. The van der Waals surface area contributed by atoms with E-state index in [0.717, 1.165) is 18.7 Å². The number of nitrogens with one attached hydrogen (secondary N) is 1. The van der Waals surface area contributed by atoms with Crippen molar-refractivity contribution in [2.45, 2.75) is 33.0 Å². The van der Waals surface area contributed by atoms with Crippen LogP contribution in [0, 0.1) is 0 Å². The van der Waals surface area contributed by atoms with Crippen LogP contribution in [0.15, 0.2) is 47.4 Å². The van der Waals surface area contributed by atoms with Crippen molar-refractivity contribution in [2.75, 3.05) is 12.4 Å². The van der Waals surface area contributed by atoms with Crippen molar-refractivity contribution in [2.24, 2.45) is 0 Å². The highest BCUT2D eigenvalue weighted by Crippen LogP contribution is 2.13. The topological polar surface area (TPSA) is 43.3 Å². The summed E-state index contributed by atoms with van der Waals surface area (Å²) >= 11 is 0. The van der Waals surface area contributed by atoms with Crippen LogP contribution in [-0.4, -0.2) is 11.7 Å². The fraction of sp³-hybridized carbons (Fsp3) is 0.353. The average molecular weight is 286 g/mol. The van der Waals surface area contributed by atoms with Gasteiger partial charge < -0.3 is 14.6 Å². The van der Waals surface area contributed by atoms with E-state index < -0.39 is 0 Å². The second-order valence-electron chi connectivity index (χ2n) is 5.00. The van der Waals surface area contributed by atoms with Gasteiger partial charge in [0.15, 0.2) is 0 Å². The van der Waals surface area contributed by atoms with Crippen molar-refractivity contribution < 1.29 is 4.74 Å². The first-order chi connectivity index (χ1) is 10.2. The zero-order valence-electron chi connectivity index (χ0n) is 12.6. The first-order valence-electron chi connectivity index (χ1n) is 7.24. The Labute approximate surface area is 125 Å². The van der Waals surface area contributed by atoms with Crippen molar-refractivity contribution in [3.63, 3.8) is 0 Å². The van der Waals surface area contributed by atoms with Gasteiger partial charge >= 0.3 is 0 Å². The Morgan fingerprint density at radius 2 is 1.90 bits per heavy atom. The van der Waals surface area contributed by atoms with Gasteiger partial charge in [0.1, 0.15) is 0 Å². The fourth-order valence-corrected chi connectivity index (χ4v) is 2.28. The van der Waals surface area contributed by atoms with E-state index in [-0.39, 0.29) is 5.56 Å². The van der Waals surface area contributed by atoms with E-state index in [2.05, 4.69) is 24.4 Å². The van der Waals surface area contributed by atoms with Gasteiger partial charge in [-0.25, -0.2) is 0 Å². The van der Waals surface area contributed by atoms with Gasteiger partial charge in [-0.2, -0.15) is 0 Å². The summed E-state index contributed by atoms with van der Waals surface area (Å²) in [6.07, 6.45) is 2.82. The van der Waals surface area contributed by atoms with Gasteiger partial charge in [-0.1, -0.05) is 31.2 Å². The van der Waals surface area contributed by atoms with Crippen LogP contribution in [0.4, 0.5) is 5.69 Å². The summed E-state index contributed by atoms with van der Waals surface area (Å²) in [4.78, 5) is 11.7. The quantitative estimate of drug-likeness (QED) is 0.851. The number of rotatable bonds is 7. The SMILES string of the molecule is CCCn1cc(NCc2ccccc2COC)ccc1=O. The number of aryl methyl sites for hydroxylation is 1. The zero-order chi connectivity index (χ0) is 15.1. The van der Waals surface area contributed by atoms with Crippen LogP contribution < -0.4 is 10.9 Å². The lowest BCUT2D eigenvalue weighted by Gasteiger charge is -2.12. The molecule has 0 saturated carbocycles. The smallest absolute Gasteiger partial charge is 0.250 e. The summed E-state index contributed by atoms with van der Waals surface area (Å²) in [5.74, 6) is 0. The molecular formula is C17H22N2O2. The molecule has 1 aromatic heterocycles. The lowest BCUT2D eigenvalue weighted by Crippen LogP contribution is -2.18. The fourth-order valence-electron chi connectivity index (χ4n) is 2.28. The lowest BCUT2D eigenvalue weighted by molar-refractivity contribution is 0.184. The molecule has 0 fully saturated rings. The van der Waals surface area contributed by atoms with Crippen LogP contribution in [0.25, 0.3) is 0 Å². The van der Waals surface area contributed by atoms with Crippen LogP contribution in [0.5, 0.6) is 0 Å². The monoisotopic (exact) mass is 286 g/mol. The first kappa shape index (κ1) is 15.3. The Morgan fingerprint density at radius 1 is 1.14 bits per heavy atom. The lowest BCUT2D eigenvalue weighted by atomic mass is 10.1. The van der Waals surface area contributed by atoms with E-state index in [1.54, 1.807) is 17.7 Å². The number of nitrogens with zero attached hydrogens (tertiary/aromatic N) is 1. The molecule has 2 rings (SSSR count). The van der Waals surface area contributed by atoms with Crippen molar-refractivity contribution in [3.8, 4) is 0 Å². The number of methoxy groups -OCH3 is 1. The van der Waals surface area contributed by atoms with Gasteiger partial charge in [-0.15, -0.1) is 0 Å². The Bertz CT molecular complexity index is 635. The van der Waals surface area contributed by atoms with E-state index in [4.69, 9.17) is 4.74 Å². The second kappa shape index (κ2) is 7.64. The molecule has 1 heterocycles. The summed E-state index contributed by atoms with van der Waals surface area (Å²) in [7, 11) is 1.70. The highest BCUT2D eigenvalue weighted by atomic mass is 16.5. The normalized spacial score (nSPS) is 10.6. The molecule has 0 spiro atoms. The number of hydrogen-bond donors (Lipinski definition) is 1. The number of aromatic nitrogens is 1. The average Bonchev–Trinajstić information content (AvgIpc) is 2.50. The number of ether oxygens (including phenoxy) is 1. The van der Waals surface area contributed by atoms with Crippen molar-refractivity contribution in [1.82, 2.24) is 4.57 Å². The van der Waals surface area contributed by atoms with Gasteiger partial charge in [-0.05, 0) is 23.6 Å². The zero-order valence-corrected chi connectivity index (χ0v) is 12.6. The molecule has 0 atom stereocenters. The third-order valence-electron chi connectivity index (χ3n) is 3.35. The molecular weight excluding hydrogens is 264 g/mol. The standard InChI is InChI=1S/C17H22N2O2/c1-3-10-19-12-16(8-9-17(19)20)18-11-14-6-4-5-7-15(14)13-21-2/h4-9,12,18H,3,10-11,13H2,1-2H3. The maximum absolute atomic E-state index is 11.7. The van der Waals surface area contributed by atoms with Gasteiger partial charge in [0.2, 0.25) is 0 Å². The largest absolute Gasteiger partial charge is 0.380 e. The molecule has 4 heteroatoms. The summed E-state index contributed by atoms with van der Waals surface area (Å²) in [5, 5.41) is 3.37. The Morgan fingerprint density at radius 3 is 2.62 bits per heavy atom. The summed E-state index contributed by atoms with van der Waals surface area (Å²) < 4.78 is 6.95. The maximum atomic E-state index is 11.7. The number of hydrogen-bond acceptors (Lipinski definition) is 3. The number of pyridine rings is 1. The van der Waals surface area contributed by atoms with Crippen LogP contribution in [0.3, 0.4) is 0 Å². The van der Waals surface area contributed by atoms with Gasteiger partial charge in [0, 0.05) is 32.5 Å². The van der Waals surface area contributed by atoms with E-state index in [0.29, 0.717) is 13.2 Å². The minimum Gasteiger partial charge on any atom is -0.380 e. The van der Waals surface area contributed by atoms with E-state index >= 15 is 0 Å². The molecule has 0 saturated heterocycles. The third-order valence-corrected chi connectivity index (χ3v) is 3.35. The maximum Gasteiger partial charge on any atom is 0.250 e. The van der Waals surface area contributed by atoms with E-state index in [1.165, 1.54) is 11.1 Å². The Balaban J connectivity index is 2.09. The third kappa shape index (κ3) is 4.20. The van der Waals surface area contributed by atoms with Gasteiger partial charge in [0.05, 0.1) is 12.3 Å². The molecule has 1 aromatic carbocycles. The second-order valence-corrected chi connectivity index (χ2v) is 5.00. The predicted octanol–water partition coefficient (Wildman–Crippen LogP) is 3.02. The van der Waals surface area contributed by atoms with Gasteiger partial charge in [0.25, 0.3) is 5.56 Å². The molecule has 0 unspecified atom stereocenters. The van der Waals surface area contributed by atoms with Crippen molar-refractivity contribution in [3.05, 3.63) is 64.1 Å². The molecule has 0 bridgehead atoms. The van der Waals surface area contributed by atoms with Gasteiger partial charge in [-0.3, -0.25) is 4.79 Å². The van der Waals surface area contributed by atoms with Crippen LogP contribution in [0.2, 0.25) is 0 Å². The summed E-state index contributed by atoms with van der Waals surface area (Å²) in [5.41, 5.74) is 3.37. The first-order valence-corrected chi connectivity index (χ1v) is 7.24. The van der Waals surface area contributed by atoms with Crippen LogP contribution in [-0.2, 0) is 24.4 Å². The molecule has 1 N–H and O–H groups in total. The molecule has 4 nitrogen and oxygen atoms in total. The predicted molar refractivity (Wildman–Crippen MR) is 85.5 cm³/mol. The highest BCUT2D eigenvalue weighted by molar-refractivity contribution is 5.42. The Hall–Kier alpha value is -2.07. The van der Waals surface area contributed by atoms with E-state index in [1.807, 2.05) is 24.4 Å². The van der Waals surface area contributed by atoms with Crippen LogP contribution >= 0.6 is 0 Å². The summed E-state index contributed by atoms with van der Waals surface area (Å²) in [6, 6.07) is 11.6. The van der Waals surface area contributed by atoms with E-state index in [9.17, 15) is 4.79 Å². The Kier molecular flexibility index (Phi) is 5.58. The minimum absolute atomic E-state index is 0.0437. The number of anilines is 1. The highest BCUT2D eigenvalue weighted by Gasteiger charge is 2.02. The molecule has 112 valence electrons.